The van der Waals surface area contributed by atoms with Gasteiger partial charge in [-0.3, -0.25) is 4.79 Å². The number of rotatable bonds is 12. The van der Waals surface area contributed by atoms with Crippen LogP contribution < -0.4 is 5.32 Å². The number of carbonyl (C=O) groups is 1. The van der Waals surface area contributed by atoms with Crippen molar-refractivity contribution in [2.45, 2.75) is 60.8 Å². The van der Waals surface area contributed by atoms with Crippen molar-refractivity contribution in [3.63, 3.8) is 0 Å². The highest BCUT2D eigenvalue weighted by molar-refractivity contribution is 5.93. The average Bonchev–Trinajstić information content (AvgIpc) is 2.59. The third kappa shape index (κ3) is 9.71. The van der Waals surface area contributed by atoms with Crippen molar-refractivity contribution in [3.8, 4) is 0 Å². The topological polar surface area (TPSA) is 32.3 Å². The predicted octanol–water partition coefficient (Wildman–Crippen LogP) is 4.72. The maximum atomic E-state index is 12.3. The second-order valence-corrected chi connectivity index (χ2v) is 6.35. The van der Waals surface area contributed by atoms with Gasteiger partial charge in [-0.25, -0.2) is 0 Å². The molecule has 0 aliphatic carbocycles. The van der Waals surface area contributed by atoms with Crippen LogP contribution in [-0.4, -0.2) is 37.0 Å². The van der Waals surface area contributed by atoms with Crippen LogP contribution in [0.3, 0.4) is 0 Å². The summed E-state index contributed by atoms with van der Waals surface area (Å²) in [6.07, 6.45) is 11.9. The normalized spacial score (nSPS) is 14.5. The average molecular weight is 335 g/mol. The minimum Gasteiger partial charge on any atom is -0.351 e. The van der Waals surface area contributed by atoms with E-state index >= 15 is 0 Å². The molecule has 0 radical (unpaired) electrons. The molecule has 0 spiro atoms. The zero-order chi connectivity index (χ0) is 18.4. The number of amides is 1. The maximum absolute atomic E-state index is 12.3. The summed E-state index contributed by atoms with van der Waals surface area (Å²) < 4.78 is 0. The Labute approximate surface area is 149 Å². The van der Waals surface area contributed by atoms with Crippen LogP contribution in [0.5, 0.6) is 0 Å². The van der Waals surface area contributed by atoms with Gasteiger partial charge in [0.05, 0.1) is 0 Å². The van der Waals surface area contributed by atoms with E-state index in [2.05, 4.69) is 69.1 Å². The number of unbranched alkanes of at least 4 members (excludes halogenated alkanes) is 1. The van der Waals surface area contributed by atoms with E-state index in [0.29, 0.717) is 12.5 Å². The molecule has 0 heterocycles. The van der Waals surface area contributed by atoms with Crippen molar-refractivity contribution in [1.29, 1.82) is 0 Å². The van der Waals surface area contributed by atoms with Gasteiger partial charge in [0.15, 0.2) is 0 Å². The first kappa shape index (κ1) is 22.6. The molecule has 0 saturated heterocycles. The summed E-state index contributed by atoms with van der Waals surface area (Å²) >= 11 is 0. The van der Waals surface area contributed by atoms with Crippen molar-refractivity contribution in [3.05, 3.63) is 35.5 Å². The Morgan fingerprint density at radius 1 is 1.08 bits per heavy atom. The summed E-state index contributed by atoms with van der Waals surface area (Å²) in [6, 6.07) is 0. The lowest BCUT2D eigenvalue weighted by Gasteiger charge is -2.19. The Morgan fingerprint density at radius 3 is 2.29 bits per heavy atom. The van der Waals surface area contributed by atoms with Gasteiger partial charge in [-0.05, 0) is 59.0 Å². The summed E-state index contributed by atoms with van der Waals surface area (Å²) in [7, 11) is 0. The number of allylic oxidation sites excluding steroid dienone is 5. The lowest BCUT2D eigenvalue weighted by Crippen LogP contribution is -2.35. The van der Waals surface area contributed by atoms with Gasteiger partial charge in [-0.15, -0.1) is 0 Å². The molecule has 138 valence electrons. The van der Waals surface area contributed by atoms with Gasteiger partial charge in [0.25, 0.3) is 0 Å². The standard InChI is InChI=1S/C21H38N2O/c1-7-10-11-12-13-14-15-18(4)19(5)20(6)21(24)22-16-17-23(8-2)9-3/h7,10,13-14,18H,8-9,11-12,15-17H2,1-6H3,(H,22,24)/b10-7+,14-13+,20-19-. The van der Waals surface area contributed by atoms with Gasteiger partial charge in [0.1, 0.15) is 0 Å². The van der Waals surface area contributed by atoms with Gasteiger partial charge < -0.3 is 10.2 Å². The van der Waals surface area contributed by atoms with E-state index in [0.717, 1.165) is 44.5 Å². The lowest BCUT2D eigenvalue weighted by atomic mass is 9.94. The molecule has 1 amide bonds. The minimum atomic E-state index is 0.0727. The third-order valence-electron chi connectivity index (χ3n) is 4.67. The van der Waals surface area contributed by atoms with Gasteiger partial charge in [-0.1, -0.05) is 50.6 Å². The molecule has 1 atom stereocenters. The van der Waals surface area contributed by atoms with E-state index < -0.39 is 0 Å². The van der Waals surface area contributed by atoms with Crippen LogP contribution in [0, 0.1) is 5.92 Å². The summed E-state index contributed by atoms with van der Waals surface area (Å²) in [5.74, 6) is 0.472. The second-order valence-electron chi connectivity index (χ2n) is 6.35. The molecular formula is C21H38N2O. The first-order valence-electron chi connectivity index (χ1n) is 9.41. The first-order chi connectivity index (χ1) is 11.5. The highest BCUT2D eigenvalue weighted by Gasteiger charge is 2.12. The number of nitrogens with zero attached hydrogens (tertiary/aromatic N) is 1. The molecule has 0 saturated carbocycles. The van der Waals surface area contributed by atoms with Crippen LogP contribution in [0.1, 0.15) is 60.8 Å². The second kappa shape index (κ2) is 14.0. The van der Waals surface area contributed by atoms with E-state index in [1.807, 2.05) is 6.92 Å². The Balaban J connectivity index is 4.34. The summed E-state index contributed by atoms with van der Waals surface area (Å²) in [5, 5.41) is 3.04. The fourth-order valence-electron chi connectivity index (χ4n) is 2.50. The van der Waals surface area contributed by atoms with Crippen molar-refractivity contribution in [2.75, 3.05) is 26.2 Å². The molecule has 0 aliphatic rings. The van der Waals surface area contributed by atoms with Gasteiger partial charge in [0, 0.05) is 18.7 Å². The fourth-order valence-corrected chi connectivity index (χ4v) is 2.50. The molecule has 1 N–H and O–H groups in total. The molecule has 0 aliphatic heterocycles. The molecule has 0 fully saturated rings. The molecule has 0 aromatic carbocycles. The van der Waals surface area contributed by atoms with Crippen molar-refractivity contribution < 1.29 is 4.79 Å². The van der Waals surface area contributed by atoms with Crippen LogP contribution >= 0.6 is 0 Å². The van der Waals surface area contributed by atoms with E-state index in [4.69, 9.17) is 0 Å². The van der Waals surface area contributed by atoms with Crippen molar-refractivity contribution in [2.24, 2.45) is 5.92 Å². The summed E-state index contributed by atoms with van der Waals surface area (Å²) in [4.78, 5) is 14.6. The molecule has 0 aromatic rings. The smallest absolute Gasteiger partial charge is 0.246 e. The van der Waals surface area contributed by atoms with Gasteiger partial charge >= 0.3 is 0 Å². The Morgan fingerprint density at radius 2 is 1.71 bits per heavy atom. The molecule has 0 bridgehead atoms. The molecule has 0 aromatic heterocycles. The largest absolute Gasteiger partial charge is 0.351 e. The number of carbonyl (C=O) groups excluding carboxylic acids is 1. The number of nitrogens with one attached hydrogen (secondary N) is 1. The zero-order valence-corrected chi connectivity index (χ0v) is 16.7. The van der Waals surface area contributed by atoms with Crippen molar-refractivity contribution in [1.82, 2.24) is 10.2 Å². The van der Waals surface area contributed by atoms with E-state index in [-0.39, 0.29) is 5.91 Å². The number of hydrogen-bond acceptors (Lipinski definition) is 2. The number of likely N-dealkylation sites (N-methyl/N-ethyl adjacent to an activating group) is 1. The van der Waals surface area contributed by atoms with Crippen LogP contribution in [0.15, 0.2) is 35.5 Å². The highest BCUT2D eigenvalue weighted by Crippen LogP contribution is 2.19. The monoisotopic (exact) mass is 334 g/mol. The Bertz CT molecular complexity index is 431. The van der Waals surface area contributed by atoms with E-state index in [1.54, 1.807) is 0 Å². The lowest BCUT2D eigenvalue weighted by molar-refractivity contribution is -0.117. The molecule has 3 heteroatoms. The summed E-state index contributed by atoms with van der Waals surface area (Å²) in [6.45, 7) is 16.2. The Kier molecular flexibility index (Phi) is 13.2. The Hall–Kier alpha value is -1.35. The minimum absolute atomic E-state index is 0.0727. The SMILES string of the molecule is C/C=C/CC/C=C/CC(C)/C(C)=C(/C)C(=O)NCCN(CC)CC. The fraction of sp³-hybridized carbons (Fsp3) is 0.667. The first-order valence-corrected chi connectivity index (χ1v) is 9.41. The van der Waals surface area contributed by atoms with Crippen LogP contribution in [-0.2, 0) is 4.79 Å². The highest BCUT2D eigenvalue weighted by atomic mass is 16.1. The molecule has 1 unspecified atom stereocenters. The summed E-state index contributed by atoms with van der Waals surface area (Å²) in [5.41, 5.74) is 2.05. The quantitative estimate of drug-likeness (QED) is 0.318. The van der Waals surface area contributed by atoms with Crippen LogP contribution in [0.2, 0.25) is 0 Å². The van der Waals surface area contributed by atoms with E-state index in [9.17, 15) is 4.79 Å². The zero-order valence-electron chi connectivity index (χ0n) is 16.7. The third-order valence-corrected chi connectivity index (χ3v) is 4.67. The van der Waals surface area contributed by atoms with Crippen LogP contribution in [0.25, 0.3) is 0 Å². The molecule has 24 heavy (non-hydrogen) atoms. The molecule has 0 rings (SSSR count). The molecular weight excluding hydrogens is 296 g/mol. The molecule has 3 nitrogen and oxygen atoms in total. The maximum Gasteiger partial charge on any atom is 0.246 e. The predicted molar refractivity (Wildman–Crippen MR) is 106 cm³/mol. The number of hydrogen-bond donors (Lipinski definition) is 1. The van der Waals surface area contributed by atoms with E-state index in [1.165, 1.54) is 5.57 Å². The van der Waals surface area contributed by atoms with Crippen LogP contribution in [0.4, 0.5) is 0 Å². The van der Waals surface area contributed by atoms with Gasteiger partial charge in [-0.2, -0.15) is 0 Å². The van der Waals surface area contributed by atoms with Gasteiger partial charge in [0.2, 0.25) is 5.91 Å². The van der Waals surface area contributed by atoms with Crippen molar-refractivity contribution >= 4 is 5.91 Å².